The van der Waals surface area contributed by atoms with Crippen LogP contribution in [0.25, 0.3) is 22.3 Å². The Bertz CT molecular complexity index is 1380. The van der Waals surface area contributed by atoms with Gasteiger partial charge in [0.25, 0.3) is 0 Å². The summed E-state index contributed by atoms with van der Waals surface area (Å²) in [5.41, 5.74) is -1.91. The van der Waals surface area contributed by atoms with Crippen LogP contribution in [0.3, 0.4) is 0 Å². The van der Waals surface area contributed by atoms with Crippen molar-refractivity contribution < 1.29 is 44.9 Å². The lowest BCUT2D eigenvalue weighted by molar-refractivity contribution is -0.0575. The van der Waals surface area contributed by atoms with Gasteiger partial charge in [0.15, 0.2) is 29.4 Å². The highest BCUT2D eigenvalue weighted by Gasteiger charge is 2.34. The van der Waals surface area contributed by atoms with E-state index in [-0.39, 0.29) is 36.4 Å². The number of alkyl halides is 2. The average molecular weight is 613 g/mol. The van der Waals surface area contributed by atoms with Gasteiger partial charge in [-0.15, -0.1) is 0 Å². The summed E-state index contributed by atoms with van der Waals surface area (Å²) in [5, 5.41) is 0. The molecule has 4 atom stereocenters. The predicted molar refractivity (Wildman–Crippen MR) is 150 cm³/mol. The van der Waals surface area contributed by atoms with E-state index in [9.17, 15) is 22.0 Å². The fraction of sp³-hybridized carbons (Fsp3) is 0.455. The van der Waals surface area contributed by atoms with Gasteiger partial charge in [-0.25, -0.2) is 26.3 Å². The monoisotopic (exact) mass is 612 g/mol. The molecule has 3 aromatic carbocycles. The van der Waals surface area contributed by atoms with Crippen molar-refractivity contribution in [3.8, 4) is 33.8 Å². The molecule has 1 aliphatic rings. The third-order valence-corrected chi connectivity index (χ3v) is 7.63. The summed E-state index contributed by atoms with van der Waals surface area (Å²) in [5.74, 6) is -7.81. The van der Waals surface area contributed by atoms with Gasteiger partial charge in [0.1, 0.15) is 24.3 Å². The number of benzene rings is 3. The Morgan fingerprint density at radius 1 is 0.767 bits per heavy atom. The Balaban J connectivity index is 1.43. The summed E-state index contributed by atoms with van der Waals surface area (Å²) in [6.45, 7) is 3.55. The van der Waals surface area contributed by atoms with Crippen molar-refractivity contribution in [3.63, 3.8) is 0 Å². The van der Waals surface area contributed by atoms with Crippen molar-refractivity contribution in [2.75, 3.05) is 19.8 Å². The van der Waals surface area contributed by atoms with Crippen molar-refractivity contribution in [2.24, 2.45) is 5.92 Å². The molecule has 3 aromatic rings. The van der Waals surface area contributed by atoms with Crippen LogP contribution in [0.1, 0.15) is 52.4 Å². The first-order valence-electron chi connectivity index (χ1n) is 14.6. The third kappa shape index (κ3) is 7.63. The van der Waals surface area contributed by atoms with E-state index in [1.54, 1.807) is 0 Å². The van der Waals surface area contributed by atoms with Gasteiger partial charge in [0, 0.05) is 34.2 Å². The van der Waals surface area contributed by atoms with Crippen molar-refractivity contribution in [3.05, 3.63) is 71.6 Å². The fourth-order valence-electron chi connectivity index (χ4n) is 5.14. The van der Waals surface area contributed by atoms with E-state index in [1.807, 2.05) is 13.8 Å². The average Bonchev–Trinajstić information content (AvgIpc) is 3.00. The van der Waals surface area contributed by atoms with Crippen molar-refractivity contribution in [1.82, 2.24) is 0 Å². The van der Waals surface area contributed by atoms with Crippen LogP contribution in [0.5, 0.6) is 11.5 Å². The van der Waals surface area contributed by atoms with Gasteiger partial charge in [-0.3, -0.25) is 0 Å². The van der Waals surface area contributed by atoms with E-state index in [0.717, 1.165) is 55.7 Å². The summed E-state index contributed by atoms with van der Waals surface area (Å²) in [6, 6.07) is 7.44. The number of rotatable bonds is 13. The normalized spacial score (nSPS) is 18.3. The predicted octanol–water partition coefficient (Wildman–Crippen LogP) is 9.55. The lowest BCUT2D eigenvalue weighted by Crippen LogP contribution is -2.38. The first-order valence-corrected chi connectivity index (χ1v) is 14.6. The van der Waals surface area contributed by atoms with Crippen LogP contribution in [0, 0.1) is 35.0 Å². The Hall–Kier alpha value is -3.27. The maximum Gasteiger partial charge on any atom is 0.201 e. The van der Waals surface area contributed by atoms with Gasteiger partial charge in [0.2, 0.25) is 5.82 Å². The summed E-state index contributed by atoms with van der Waals surface area (Å²) in [7, 11) is 0. The molecule has 0 aromatic heterocycles. The number of halogens is 7. The van der Waals surface area contributed by atoms with E-state index >= 15 is 8.78 Å². The molecule has 0 bridgehead atoms. The second kappa shape index (κ2) is 14.9. The molecule has 0 amide bonds. The van der Waals surface area contributed by atoms with E-state index in [1.165, 1.54) is 6.07 Å². The number of ether oxygens (including phenoxy) is 3. The minimum Gasteiger partial charge on any atom is -0.490 e. The quantitative estimate of drug-likeness (QED) is 0.142. The van der Waals surface area contributed by atoms with Gasteiger partial charge >= 0.3 is 0 Å². The molecule has 0 N–H and O–H groups in total. The Morgan fingerprint density at radius 3 is 2.00 bits per heavy atom. The molecule has 4 rings (SSSR count). The van der Waals surface area contributed by atoms with E-state index in [2.05, 4.69) is 0 Å². The maximum absolute atomic E-state index is 15.1. The highest BCUT2D eigenvalue weighted by Crippen LogP contribution is 2.37. The van der Waals surface area contributed by atoms with Crippen molar-refractivity contribution >= 4 is 0 Å². The molecule has 1 heterocycles. The Morgan fingerprint density at radius 2 is 1.40 bits per heavy atom. The molecule has 10 heteroatoms. The van der Waals surface area contributed by atoms with Gasteiger partial charge in [0.05, 0.1) is 19.3 Å². The molecule has 43 heavy (non-hydrogen) atoms. The molecule has 0 aliphatic carbocycles. The second-order valence-corrected chi connectivity index (χ2v) is 10.7. The molecular weight excluding hydrogens is 577 g/mol. The Labute approximate surface area is 247 Å². The molecule has 1 fully saturated rings. The van der Waals surface area contributed by atoms with Crippen LogP contribution in [0.2, 0.25) is 0 Å². The molecule has 1 aliphatic heterocycles. The lowest BCUT2D eigenvalue weighted by atomic mass is 9.91. The second-order valence-electron chi connectivity index (χ2n) is 10.7. The van der Waals surface area contributed by atoms with E-state index in [4.69, 9.17) is 14.2 Å². The van der Waals surface area contributed by atoms with Crippen LogP contribution in [0.15, 0.2) is 42.5 Å². The third-order valence-electron chi connectivity index (χ3n) is 7.63. The summed E-state index contributed by atoms with van der Waals surface area (Å²) >= 11 is 0. The van der Waals surface area contributed by atoms with Crippen LogP contribution in [-0.2, 0) is 4.74 Å². The lowest BCUT2D eigenvalue weighted by Gasteiger charge is -2.31. The smallest absolute Gasteiger partial charge is 0.201 e. The molecule has 234 valence electrons. The number of unbranched alkanes of at least 4 members (excludes halogenated alkanes) is 1. The van der Waals surface area contributed by atoms with Gasteiger partial charge in [-0.1, -0.05) is 38.8 Å². The van der Waals surface area contributed by atoms with Crippen LogP contribution in [0.4, 0.5) is 30.7 Å². The van der Waals surface area contributed by atoms with Gasteiger partial charge in [-0.05, 0) is 49.9 Å². The van der Waals surface area contributed by atoms with Gasteiger partial charge in [-0.2, -0.15) is 4.39 Å². The van der Waals surface area contributed by atoms with Crippen molar-refractivity contribution in [1.29, 1.82) is 0 Å². The minimum absolute atomic E-state index is 0.0599. The molecular formula is C33H35F7O3. The zero-order chi connectivity index (χ0) is 31.1. The molecule has 0 saturated carbocycles. The molecule has 1 saturated heterocycles. The maximum atomic E-state index is 15.1. The number of hydrogen-bond acceptors (Lipinski definition) is 3. The largest absolute Gasteiger partial charge is 0.490 e. The fourth-order valence-corrected chi connectivity index (χ4v) is 5.14. The van der Waals surface area contributed by atoms with Gasteiger partial charge < -0.3 is 14.2 Å². The van der Waals surface area contributed by atoms with E-state index < -0.39 is 70.6 Å². The van der Waals surface area contributed by atoms with Crippen molar-refractivity contribution in [2.45, 2.75) is 70.8 Å². The summed E-state index contributed by atoms with van der Waals surface area (Å²) < 4.78 is 120. The highest BCUT2D eigenvalue weighted by molar-refractivity contribution is 5.73. The zero-order valence-corrected chi connectivity index (χ0v) is 24.1. The molecule has 3 nitrogen and oxygen atoms in total. The zero-order valence-electron chi connectivity index (χ0n) is 24.1. The van der Waals surface area contributed by atoms with Crippen LogP contribution >= 0.6 is 0 Å². The highest BCUT2D eigenvalue weighted by atomic mass is 19.2. The topological polar surface area (TPSA) is 27.7 Å². The first kappa shape index (κ1) is 32.6. The SMILES string of the molecule is CCCCOc1ccc(-c2ccc(-c3ccc(OCC(F)C(F)C4CCC(CCC)OC4)cc3F)c(F)c2F)c(F)c1F. The first-order chi connectivity index (χ1) is 20.7. The summed E-state index contributed by atoms with van der Waals surface area (Å²) in [4.78, 5) is 0. The number of hydrogen-bond donors (Lipinski definition) is 0. The van der Waals surface area contributed by atoms with E-state index in [0.29, 0.717) is 19.3 Å². The summed E-state index contributed by atoms with van der Waals surface area (Å²) in [6.07, 6.45) is 0.647. The van der Waals surface area contributed by atoms with Crippen LogP contribution in [-0.4, -0.2) is 38.3 Å². The Kier molecular flexibility index (Phi) is 11.3. The standard InChI is InChI=1S/C33H35F7O3/c1-3-5-15-41-28-14-13-25(32(39)33(28)40)24-12-11-23(30(37)31(24)38)22-10-9-21(16-26(22)34)43-18-27(35)29(36)19-7-8-20(6-4-2)42-17-19/h9-14,16,19-20,27,29H,3-8,15,17-18H2,1-2H3. The minimum atomic E-state index is -1.97. The molecule has 4 unspecified atom stereocenters. The van der Waals surface area contributed by atoms with Crippen LogP contribution < -0.4 is 9.47 Å². The molecule has 0 spiro atoms. The molecule has 0 radical (unpaired) electrons.